The zero-order valence-electron chi connectivity index (χ0n) is 11.3. The summed E-state index contributed by atoms with van der Waals surface area (Å²) in [6.07, 6.45) is 0.332. The van der Waals surface area contributed by atoms with Crippen molar-refractivity contribution in [3.8, 4) is 0 Å². The number of nitrogens with zero attached hydrogens (tertiary/aromatic N) is 1. The van der Waals surface area contributed by atoms with Crippen LogP contribution in [0.1, 0.15) is 21.6 Å². The zero-order chi connectivity index (χ0) is 15.4. The number of hydrogen-bond donors (Lipinski definition) is 1. The van der Waals surface area contributed by atoms with Gasteiger partial charge in [0.05, 0.1) is 0 Å². The second-order valence-corrected chi connectivity index (χ2v) is 4.99. The summed E-state index contributed by atoms with van der Waals surface area (Å²) in [5, 5.41) is 2.91. The first-order valence-electron chi connectivity index (χ1n) is 6.31. The molecule has 0 atom stereocenters. The normalized spacial score (nSPS) is 10.5. The van der Waals surface area contributed by atoms with Crippen LogP contribution in [0.2, 0.25) is 5.15 Å². The van der Waals surface area contributed by atoms with Gasteiger partial charge < -0.3 is 5.32 Å². The van der Waals surface area contributed by atoms with Crippen molar-refractivity contribution < 1.29 is 13.6 Å². The van der Waals surface area contributed by atoms with Crippen molar-refractivity contribution in [1.82, 2.24) is 10.3 Å². The Hall–Kier alpha value is -2.01. The van der Waals surface area contributed by atoms with Gasteiger partial charge >= 0.3 is 0 Å². The zero-order valence-corrected chi connectivity index (χ0v) is 12.0. The van der Waals surface area contributed by atoms with Gasteiger partial charge in [0.1, 0.15) is 16.8 Å². The molecule has 0 unspecified atom stereocenters. The van der Waals surface area contributed by atoms with E-state index in [1.807, 2.05) is 0 Å². The van der Waals surface area contributed by atoms with E-state index in [-0.39, 0.29) is 17.6 Å². The third kappa shape index (κ3) is 4.49. The fraction of sp³-hybridized carbons (Fsp3) is 0.200. The first-order chi connectivity index (χ1) is 9.94. The van der Waals surface area contributed by atoms with Gasteiger partial charge in [-0.1, -0.05) is 11.6 Å². The SMILES string of the molecule is Cc1cc(C(=O)NCCc2cc(F)cc(F)c2)cc(Cl)n1. The molecule has 0 saturated carbocycles. The van der Waals surface area contributed by atoms with E-state index in [9.17, 15) is 13.6 Å². The summed E-state index contributed by atoms with van der Waals surface area (Å²) in [5.41, 5.74) is 1.52. The lowest BCUT2D eigenvalue weighted by atomic mass is 10.1. The van der Waals surface area contributed by atoms with Crippen LogP contribution in [0.4, 0.5) is 8.78 Å². The molecule has 110 valence electrons. The van der Waals surface area contributed by atoms with E-state index in [0.29, 0.717) is 23.2 Å². The molecule has 1 N–H and O–H groups in total. The molecule has 0 spiro atoms. The Morgan fingerprint density at radius 1 is 1.19 bits per heavy atom. The summed E-state index contributed by atoms with van der Waals surface area (Å²) in [6.45, 7) is 2.00. The molecule has 3 nitrogen and oxygen atoms in total. The van der Waals surface area contributed by atoms with Crippen LogP contribution in [0, 0.1) is 18.6 Å². The molecule has 2 rings (SSSR count). The monoisotopic (exact) mass is 310 g/mol. The van der Waals surface area contributed by atoms with E-state index >= 15 is 0 Å². The van der Waals surface area contributed by atoms with E-state index < -0.39 is 11.6 Å². The predicted octanol–water partition coefficient (Wildman–Crippen LogP) is 3.29. The molecule has 0 aliphatic rings. The van der Waals surface area contributed by atoms with E-state index in [1.54, 1.807) is 13.0 Å². The maximum absolute atomic E-state index is 13.0. The Kier molecular flexibility index (Phi) is 4.85. The smallest absolute Gasteiger partial charge is 0.251 e. The molecule has 1 amide bonds. The van der Waals surface area contributed by atoms with Crippen molar-refractivity contribution >= 4 is 17.5 Å². The highest BCUT2D eigenvalue weighted by molar-refractivity contribution is 6.29. The Morgan fingerprint density at radius 3 is 2.48 bits per heavy atom. The van der Waals surface area contributed by atoms with Crippen molar-refractivity contribution in [2.24, 2.45) is 0 Å². The molecule has 1 aromatic carbocycles. The summed E-state index contributed by atoms with van der Waals surface area (Å²) in [5.74, 6) is -1.57. The second kappa shape index (κ2) is 6.63. The topological polar surface area (TPSA) is 42.0 Å². The largest absolute Gasteiger partial charge is 0.352 e. The molecule has 1 aromatic heterocycles. The van der Waals surface area contributed by atoms with E-state index in [4.69, 9.17) is 11.6 Å². The molecule has 2 aromatic rings. The van der Waals surface area contributed by atoms with Crippen LogP contribution >= 0.6 is 11.6 Å². The number of nitrogens with one attached hydrogen (secondary N) is 1. The van der Waals surface area contributed by atoms with E-state index in [2.05, 4.69) is 10.3 Å². The number of amides is 1. The minimum Gasteiger partial charge on any atom is -0.352 e. The summed E-state index contributed by atoms with van der Waals surface area (Å²) < 4.78 is 26.0. The van der Waals surface area contributed by atoms with Crippen LogP contribution in [0.5, 0.6) is 0 Å². The van der Waals surface area contributed by atoms with Gasteiger partial charge in [0, 0.05) is 23.9 Å². The van der Waals surface area contributed by atoms with Crippen LogP contribution in [0.3, 0.4) is 0 Å². The van der Waals surface area contributed by atoms with Crippen molar-refractivity contribution in [3.63, 3.8) is 0 Å². The number of halogens is 3. The van der Waals surface area contributed by atoms with E-state index in [0.717, 1.165) is 6.07 Å². The minimum absolute atomic E-state index is 0.243. The third-order valence-corrected chi connectivity index (χ3v) is 3.00. The summed E-state index contributed by atoms with van der Waals surface area (Å²) in [4.78, 5) is 15.9. The molecule has 0 fully saturated rings. The maximum Gasteiger partial charge on any atom is 0.251 e. The van der Waals surface area contributed by atoms with Crippen molar-refractivity contribution in [3.05, 3.63) is 63.9 Å². The Morgan fingerprint density at radius 2 is 1.86 bits per heavy atom. The first-order valence-corrected chi connectivity index (χ1v) is 6.69. The van der Waals surface area contributed by atoms with Gasteiger partial charge in [0.2, 0.25) is 0 Å². The average molecular weight is 311 g/mol. The van der Waals surface area contributed by atoms with Gasteiger partial charge in [-0.2, -0.15) is 0 Å². The van der Waals surface area contributed by atoms with Crippen molar-refractivity contribution in [1.29, 1.82) is 0 Å². The number of aryl methyl sites for hydroxylation is 1. The molecule has 0 bridgehead atoms. The highest BCUT2D eigenvalue weighted by Gasteiger charge is 2.08. The summed E-state index contributed by atoms with van der Waals surface area (Å²) in [7, 11) is 0. The van der Waals surface area contributed by atoms with Crippen LogP contribution in [0.15, 0.2) is 30.3 Å². The summed E-state index contributed by atoms with van der Waals surface area (Å²) >= 11 is 5.78. The van der Waals surface area contributed by atoms with Gasteiger partial charge in [0.15, 0.2) is 0 Å². The molecule has 0 aliphatic heterocycles. The standard InChI is InChI=1S/C15H13ClF2N2O/c1-9-4-11(7-14(16)20-9)15(21)19-3-2-10-5-12(17)8-13(18)6-10/h4-8H,2-3H2,1H3,(H,19,21). The highest BCUT2D eigenvalue weighted by atomic mass is 35.5. The van der Waals surface area contributed by atoms with Crippen LogP contribution in [0.25, 0.3) is 0 Å². The first kappa shape index (κ1) is 15.4. The lowest BCUT2D eigenvalue weighted by molar-refractivity contribution is 0.0954. The Balaban J connectivity index is 1.95. The molecule has 0 radical (unpaired) electrons. The fourth-order valence-corrected chi connectivity index (χ4v) is 2.19. The molecular formula is C15H13ClF2N2O. The number of hydrogen-bond acceptors (Lipinski definition) is 2. The van der Waals surface area contributed by atoms with Crippen molar-refractivity contribution in [2.45, 2.75) is 13.3 Å². The fourth-order valence-electron chi connectivity index (χ4n) is 1.94. The molecular weight excluding hydrogens is 298 g/mol. The molecule has 21 heavy (non-hydrogen) atoms. The van der Waals surface area contributed by atoms with Crippen LogP contribution in [-0.2, 0) is 6.42 Å². The molecule has 1 heterocycles. The molecule has 0 aliphatic carbocycles. The Labute approximate surface area is 126 Å². The maximum atomic E-state index is 13.0. The Bertz CT molecular complexity index is 636. The molecule has 6 heteroatoms. The van der Waals surface area contributed by atoms with Gasteiger partial charge in [-0.25, -0.2) is 13.8 Å². The third-order valence-electron chi connectivity index (χ3n) is 2.81. The number of pyridine rings is 1. The van der Waals surface area contributed by atoms with Crippen LogP contribution < -0.4 is 5.32 Å². The van der Waals surface area contributed by atoms with Gasteiger partial charge in [-0.3, -0.25) is 4.79 Å². The highest BCUT2D eigenvalue weighted by Crippen LogP contribution is 2.11. The quantitative estimate of drug-likeness (QED) is 0.881. The number of carbonyl (C=O) groups is 1. The van der Waals surface area contributed by atoms with Gasteiger partial charge in [-0.15, -0.1) is 0 Å². The lowest BCUT2D eigenvalue weighted by Crippen LogP contribution is -2.25. The number of carbonyl (C=O) groups excluding carboxylic acids is 1. The van der Waals surface area contributed by atoms with Gasteiger partial charge in [0.25, 0.3) is 5.91 Å². The number of aromatic nitrogens is 1. The number of benzene rings is 1. The summed E-state index contributed by atoms with van der Waals surface area (Å²) in [6, 6.07) is 6.37. The van der Waals surface area contributed by atoms with Crippen molar-refractivity contribution in [2.75, 3.05) is 6.54 Å². The van der Waals surface area contributed by atoms with Gasteiger partial charge in [-0.05, 0) is 43.2 Å². The molecule has 0 saturated heterocycles. The van der Waals surface area contributed by atoms with Crippen LogP contribution in [-0.4, -0.2) is 17.4 Å². The minimum atomic E-state index is -0.632. The average Bonchev–Trinajstić information content (AvgIpc) is 2.36. The number of rotatable bonds is 4. The predicted molar refractivity (Wildman–Crippen MR) is 76.4 cm³/mol. The lowest BCUT2D eigenvalue weighted by Gasteiger charge is -2.07. The van der Waals surface area contributed by atoms with E-state index in [1.165, 1.54) is 18.2 Å². The second-order valence-electron chi connectivity index (χ2n) is 4.60.